The molecule has 0 amide bonds. The Morgan fingerprint density at radius 1 is 1.00 bits per heavy atom. The predicted octanol–water partition coefficient (Wildman–Crippen LogP) is 2.98. The van der Waals surface area contributed by atoms with Crippen LogP contribution >= 0.6 is 0 Å². The van der Waals surface area contributed by atoms with Crippen LogP contribution in [-0.4, -0.2) is 31.5 Å². The average Bonchev–Trinajstić information content (AvgIpc) is 2.71. The van der Waals surface area contributed by atoms with E-state index in [2.05, 4.69) is 30.2 Å². The van der Waals surface area contributed by atoms with E-state index < -0.39 is 0 Å². The summed E-state index contributed by atoms with van der Waals surface area (Å²) in [6, 6.07) is 8.00. The van der Waals surface area contributed by atoms with Crippen molar-refractivity contribution in [3.63, 3.8) is 0 Å². The lowest BCUT2D eigenvalue weighted by Gasteiger charge is -2.09. The molecular weight excluding hydrogens is 361 g/mol. The SMILES string of the molecule is Nc1ccc(Oc2ccc(CCNc3ncnc4nccnc34)c(F)c2)nc1. The van der Waals surface area contributed by atoms with Crippen LogP contribution in [0.25, 0.3) is 11.2 Å². The van der Waals surface area contributed by atoms with E-state index in [0.29, 0.717) is 52.8 Å². The average molecular weight is 377 g/mol. The smallest absolute Gasteiger partial charge is 0.219 e. The zero-order chi connectivity index (χ0) is 19.3. The van der Waals surface area contributed by atoms with Crippen LogP contribution in [0.3, 0.4) is 0 Å². The molecule has 3 N–H and O–H groups in total. The molecule has 3 aromatic heterocycles. The zero-order valence-electron chi connectivity index (χ0n) is 14.7. The van der Waals surface area contributed by atoms with E-state index in [0.717, 1.165) is 0 Å². The molecule has 8 nitrogen and oxygen atoms in total. The molecular formula is C19H16FN7O. The van der Waals surface area contributed by atoms with Crippen LogP contribution in [0.2, 0.25) is 0 Å². The third-order valence-corrected chi connectivity index (χ3v) is 3.96. The molecule has 0 aliphatic rings. The number of hydrogen-bond acceptors (Lipinski definition) is 8. The fourth-order valence-electron chi connectivity index (χ4n) is 2.61. The molecule has 1 aromatic carbocycles. The summed E-state index contributed by atoms with van der Waals surface area (Å²) in [5, 5.41) is 3.15. The highest BCUT2D eigenvalue weighted by molar-refractivity contribution is 5.81. The number of hydrogen-bond donors (Lipinski definition) is 2. The van der Waals surface area contributed by atoms with Crippen LogP contribution in [0.1, 0.15) is 5.56 Å². The minimum Gasteiger partial charge on any atom is -0.439 e. The molecule has 0 atom stereocenters. The number of nitrogens with zero attached hydrogens (tertiary/aromatic N) is 5. The van der Waals surface area contributed by atoms with Gasteiger partial charge in [-0.2, -0.15) is 0 Å². The first-order valence-corrected chi connectivity index (χ1v) is 8.52. The maximum absolute atomic E-state index is 14.4. The maximum atomic E-state index is 14.4. The molecule has 0 saturated heterocycles. The highest BCUT2D eigenvalue weighted by Crippen LogP contribution is 2.23. The third-order valence-electron chi connectivity index (χ3n) is 3.96. The van der Waals surface area contributed by atoms with Gasteiger partial charge in [-0.15, -0.1) is 0 Å². The number of benzene rings is 1. The summed E-state index contributed by atoms with van der Waals surface area (Å²) in [7, 11) is 0. The van der Waals surface area contributed by atoms with Gasteiger partial charge in [0.15, 0.2) is 11.5 Å². The molecule has 28 heavy (non-hydrogen) atoms. The highest BCUT2D eigenvalue weighted by Gasteiger charge is 2.08. The van der Waals surface area contributed by atoms with Crippen molar-refractivity contribution >= 4 is 22.7 Å². The Labute approximate surface area is 159 Å². The minimum atomic E-state index is -0.359. The van der Waals surface area contributed by atoms with E-state index in [9.17, 15) is 4.39 Å². The molecule has 4 rings (SSSR count). The number of halogens is 1. The van der Waals surface area contributed by atoms with Gasteiger partial charge in [-0.05, 0) is 24.1 Å². The van der Waals surface area contributed by atoms with E-state index in [4.69, 9.17) is 10.5 Å². The number of nitrogens with one attached hydrogen (secondary N) is 1. The largest absolute Gasteiger partial charge is 0.439 e. The van der Waals surface area contributed by atoms with Crippen LogP contribution in [0, 0.1) is 5.82 Å². The predicted molar refractivity (Wildman–Crippen MR) is 102 cm³/mol. The summed E-state index contributed by atoms with van der Waals surface area (Å²) in [5.41, 5.74) is 7.74. The number of aromatic nitrogens is 5. The first kappa shape index (κ1) is 17.5. The quantitative estimate of drug-likeness (QED) is 0.527. The van der Waals surface area contributed by atoms with Gasteiger partial charge in [-0.3, -0.25) is 0 Å². The van der Waals surface area contributed by atoms with Gasteiger partial charge in [0.1, 0.15) is 23.4 Å². The van der Waals surface area contributed by atoms with Crippen LogP contribution in [-0.2, 0) is 6.42 Å². The van der Waals surface area contributed by atoms with E-state index in [1.165, 1.54) is 18.6 Å². The number of rotatable bonds is 6. The van der Waals surface area contributed by atoms with Crippen LogP contribution in [0.4, 0.5) is 15.9 Å². The van der Waals surface area contributed by atoms with Crippen molar-refractivity contribution in [1.29, 1.82) is 0 Å². The molecule has 3 heterocycles. The summed E-state index contributed by atoms with van der Waals surface area (Å²) < 4.78 is 19.9. The molecule has 0 unspecified atom stereocenters. The van der Waals surface area contributed by atoms with Crippen molar-refractivity contribution in [1.82, 2.24) is 24.9 Å². The Morgan fingerprint density at radius 2 is 1.89 bits per heavy atom. The summed E-state index contributed by atoms with van der Waals surface area (Å²) in [6.07, 6.45) is 6.49. The normalized spacial score (nSPS) is 10.8. The molecule has 0 bridgehead atoms. The molecule has 0 saturated carbocycles. The van der Waals surface area contributed by atoms with E-state index in [1.54, 1.807) is 36.7 Å². The lowest BCUT2D eigenvalue weighted by Crippen LogP contribution is -2.09. The zero-order valence-corrected chi connectivity index (χ0v) is 14.7. The molecule has 4 aromatic rings. The van der Waals surface area contributed by atoms with Crippen molar-refractivity contribution in [2.45, 2.75) is 6.42 Å². The number of nitrogen functional groups attached to an aromatic ring is 1. The Bertz CT molecular complexity index is 1100. The van der Waals surface area contributed by atoms with Crippen molar-refractivity contribution in [2.75, 3.05) is 17.6 Å². The topological polar surface area (TPSA) is 112 Å². The number of pyridine rings is 1. The lowest BCUT2D eigenvalue weighted by atomic mass is 10.1. The summed E-state index contributed by atoms with van der Waals surface area (Å²) in [4.78, 5) is 20.6. The Kier molecular flexibility index (Phi) is 4.87. The number of fused-ring (bicyclic) bond motifs is 1. The number of ether oxygens (including phenoxy) is 1. The Morgan fingerprint density at radius 3 is 2.71 bits per heavy atom. The van der Waals surface area contributed by atoms with Crippen molar-refractivity contribution in [3.05, 3.63) is 66.6 Å². The van der Waals surface area contributed by atoms with Gasteiger partial charge in [-0.1, -0.05) is 6.07 Å². The van der Waals surface area contributed by atoms with E-state index >= 15 is 0 Å². The van der Waals surface area contributed by atoms with Gasteiger partial charge >= 0.3 is 0 Å². The van der Waals surface area contributed by atoms with Gasteiger partial charge in [0.05, 0.1) is 11.9 Å². The summed E-state index contributed by atoms with van der Waals surface area (Å²) in [5.74, 6) is 0.915. The maximum Gasteiger partial charge on any atom is 0.219 e. The molecule has 9 heteroatoms. The Balaban J connectivity index is 1.40. The molecule has 140 valence electrons. The van der Waals surface area contributed by atoms with Crippen LogP contribution in [0.5, 0.6) is 11.6 Å². The second-order valence-electron chi connectivity index (χ2n) is 5.91. The summed E-state index contributed by atoms with van der Waals surface area (Å²) in [6.45, 7) is 0.472. The van der Waals surface area contributed by atoms with Crippen molar-refractivity contribution in [2.24, 2.45) is 0 Å². The molecule has 0 radical (unpaired) electrons. The third kappa shape index (κ3) is 3.93. The number of anilines is 2. The Hall–Kier alpha value is -3.88. The molecule has 0 fully saturated rings. The van der Waals surface area contributed by atoms with E-state index in [1.807, 2.05) is 0 Å². The molecule has 0 spiro atoms. The highest BCUT2D eigenvalue weighted by atomic mass is 19.1. The van der Waals surface area contributed by atoms with Gasteiger partial charge in [0.2, 0.25) is 5.88 Å². The lowest BCUT2D eigenvalue weighted by molar-refractivity contribution is 0.457. The summed E-state index contributed by atoms with van der Waals surface area (Å²) >= 11 is 0. The van der Waals surface area contributed by atoms with Crippen LogP contribution < -0.4 is 15.8 Å². The minimum absolute atomic E-state index is 0.347. The van der Waals surface area contributed by atoms with Gasteiger partial charge in [0.25, 0.3) is 0 Å². The number of nitrogens with two attached hydrogens (primary N) is 1. The fourth-order valence-corrected chi connectivity index (χ4v) is 2.61. The molecule has 0 aliphatic carbocycles. The second-order valence-corrected chi connectivity index (χ2v) is 5.91. The van der Waals surface area contributed by atoms with Gasteiger partial charge in [0, 0.05) is 31.1 Å². The van der Waals surface area contributed by atoms with Crippen molar-refractivity contribution in [3.8, 4) is 11.6 Å². The first-order valence-electron chi connectivity index (χ1n) is 8.52. The van der Waals surface area contributed by atoms with Crippen LogP contribution in [0.15, 0.2) is 55.2 Å². The first-order chi connectivity index (χ1) is 13.7. The standard InChI is InChI=1S/C19H16FN7O/c20-15-9-14(28-16-4-2-13(21)10-25-16)3-1-12(15)5-6-23-18-17-19(27-11-26-18)24-8-7-22-17/h1-4,7-11H,5-6,21H2,(H,23,24,26,27). The molecule has 0 aliphatic heterocycles. The van der Waals surface area contributed by atoms with E-state index in [-0.39, 0.29) is 5.82 Å². The van der Waals surface area contributed by atoms with Gasteiger partial charge in [-0.25, -0.2) is 29.3 Å². The fraction of sp³-hybridized carbons (Fsp3) is 0.105. The second kappa shape index (κ2) is 7.78. The monoisotopic (exact) mass is 377 g/mol. The van der Waals surface area contributed by atoms with Crippen molar-refractivity contribution < 1.29 is 9.13 Å². The van der Waals surface area contributed by atoms with Gasteiger partial charge < -0.3 is 15.8 Å².